The van der Waals surface area contributed by atoms with E-state index in [1.54, 1.807) is 12.2 Å². The first kappa shape index (κ1) is 12.4. The van der Waals surface area contributed by atoms with E-state index >= 15 is 0 Å². The Labute approximate surface area is 94.3 Å². The van der Waals surface area contributed by atoms with Crippen LogP contribution < -0.4 is 10.6 Å². The maximum Gasteiger partial charge on any atom is 0.328 e. The highest BCUT2D eigenvalue weighted by molar-refractivity contribution is 6.20. The number of rotatable bonds is 4. The second-order valence-corrected chi connectivity index (χ2v) is 3.98. The molecule has 0 aromatic heterocycles. The van der Waals surface area contributed by atoms with Gasteiger partial charge in [0.15, 0.2) is 0 Å². The molecule has 1 rings (SSSR count). The number of unbranched alkanes of at least 4 members (excludes halogenated alkanes) is 2. The second-order valence-electron chi connectivity index (χ2n) is 3.98. The van der Waals surface area contributed by atoms with Gasteiger partial charge in [-0.25, -0.2) is 4.79 Å². The van der Waals surface area contributed by atoms with Crippen LogP contribution >= 0.6 is 0 Å². The van der Waals surface area contributed by atoms with Gasteiger partial charge in [-0.1, -0.05) is 31.9 Å². The van der Waals surface area contributed by atoms with E-state index in [9.17, 15) is 14.4 Å². The third-order valence-corrected chi connectivity index (χ3v) is 2.57. The highest BCUT2D eigenvalue weighted by Gasteiger charge is 2.43. The molecule has 2 N–H and O–H groups in total. The Morgan fingerprint density at radius 3 is 2.25 bits per heavy atom. The lowest BCUT2D eigenvalue weighted by molar-refractivity contribution is -0.139. The summed E-state index contributed by atoms with van der Waals surface area (Å²) in [6.07, 6.45) is 6.24. The average Bonchev–Trinajstić information content (AvgIpc) is 2.21. The Balaban J connectivity index is 2.74. The molecule has 1 fully saturated rings. The van der Waals surface area contributed by atoms with E-state index in [0.29, 0.717) is 0 Å². The van der Waals surface area contributed by atoms with Gasteiger partial charge in [-0.15, -0.1) is 0 Å². The van der Waals surface area contributed by atoms with Gasteiger partial charge in [0.25, 0.3) is 0 Å². The summed E-state index contributed by atoms with van der Waals surface area (Å²) in [5.74, 6) is -1.15. The second kappa shape index (κ2) is 4.92. The molecule has 5 heteroatoms. The quantitative estimate of drug-likeness (QED) is 0.426. The molecule has 5 nitrogen and oxygen atoms in total. The maximum absolute atomic E-state index is 11.6. The molecular weight excluding hydrogens is 208 g/mol. The van der Waals surface area contributed by atoms with Crippen LogP contribution in [0.5, 0.6) is 0 Å². The van der Waals surface area contributed by atoms with E-state index in [1.807, 2.05) is 0 Å². The molecule has 0 spiro atoms. The number of urea groups is 1. The number of carbonyl (C=O) groups is 3. The summed E-state index contributed by atoms with van der Waals surface area (Å²) in [6, 6.07) is -0.755. The van der Waals surface area contributed by atoms with Crippen molar-refractivity contribution in [3.63, 3.8) is 0 Å². The zero-order chi connectivity index (χ0) is 12.2. The molecule has 0 aliphatic carbocycles. The summed E-state index contributed by atoms with van der Waals surface area (Å²) in [5, 5.41) is 4.16. The molecule has 16 heavy (non-hydrogen) atoms. The van der Waals surface area contributed by atoms with Crippen molar-refractivity contribution in [2.75, 3.05) is 0 Å². The number of carbonyl (C=O) groups excluding carboxylic acids is 3. The topological polar surface area (TPSA) is 75.3 Å². The van der Waals surface area contributed by atoms with Crippen molar-refractivity contribution in [2.24, 2.45) is 5.41 Å². The summed E-state index contributed by atoms with van der Waals surface area (Å²) in [5.41, 5.74) is -1.28. The Kier molecular flexibility index (Phi) is 3.82. The molecule has 0 saturated carbocycles. The molecular formula is C11H16N2O3. The minimum Gasteiger partial charge on any atom is -0.277 e. The third kappa shape index (κ3) is 2.48. The molecule has 1 heterocycles. The molecule has 0 aromatic carbocycles. The smallest absolute Gasteiger partial charge is 0.277 e. The normalized spacial score (nSPS) is 19.8. The number of hydrogen-bond acceptors (Lipinski definition) is 3. The number of allylic oxidation sites excluding steroid dienone is 1. The largest absolute Gasteiger partial charge is 0.328 e. The van der Waals surface area contributed by atoms with Gasteiger partial charge in [0.2, 0.25) is 11.8 Å². The molecule has 88 valence electrons. The lowest BCUT2D eigenvalue weighted by Gasteiger charge is -2.27. The monoisotopic (exact) mass is 224 g/mol. The highest BCUT2D eigenvalue weighted by Crippen LogP contribution is 2.22. The summed E-state index contributed by atoms with van der Waals surface area (Å²) >= 11 is 0. The average molecular weight is 224 g/mol. The van der Waals surface area contributed by atoms with Crippen LogP contribution in [0.1, 0.15) is 33.1 Å². The molecule has 0 bridgehead atoms. The molecule has 0 aromatic rings. The summed E-state index contributed by atoms with van der Waals surface area (Å²) in [6.45, 7) is 3.56. The van der Waals surface area contributed by atoms with Crippen molar-refractivity contribution >= 4 is 17.8 Å². The van der Waals surface area contributed by atoms with Crippen LogP contribution in [0.2, 0.25) is 0 Å². The lowest BCUT2D eigenvalue weighted by Crippen LogP contribution is -2.60. The van der Waals surface area contributed by atoms with Gasteiger partial charge in [0.05, 0.1) is 0 Å². The Morgan fingerprint density at radius 1 is 1.19 bits per heavy atom. The van der Waals surface area contributed by atoms with Crippen molar-refractivity contribution in [2.45, 2.75) is 33.1 Å². The fraction of sp³-hybridized carbons (Fsp3) is 0.545. The van der Waals surface area contributed by atoms with E-state index in [0.717, 1.165) is 19.3 Å². The van der Waals surface area contributed by atoms with E-state index in [1.165, 1.54) is 6.92 Å². The zero-order valence-corrected chi connectivity index (χ0v) is 9.50. The van der Waals surface area contributed by atoms with Gasteiger partial charge in [-0.05, 0) is 13.3 Å². The van der Waals surface area contributed by atoms with Crippen LogP contribution in [-0.4, -0.2) is 17.8 Å². The van der Waals surface area contributed by atoms with Gasteiger partial charge >= 0.3 is 6.03 Å². The van der Waals surface area contributed by atoms with Gasteiger partial charge in [-0.2, -0.15) is 0 Å². The van der Waals surface area contributed by atoms with E-state index in [4.69, 9.17) is 0 Å². The summed E-state index contributed by atoms with van der Waals surface area (Å²) in [7, 11) is 0. The number of hydrogen-bond donors (Lipinski definition) is 2. The highest BCUT2D eigenvalue weighted by atomic mass is 16.2. The van der Waals surface area contributed by atoms with Crippen molar-refractivity contribution in [1.82, 2.24) is 10.6 Å². The summed E-state index contributed by atoms with van der Waals surface area (Å²) in [4.78, 5) is 34.0. The van der Waals surface area contributed by atoms with Crippen LogP contribution in [0.25, 0.3) is 0 Å². The van der Waals surface area contributed by atoms with Crippen molar-refractivity contribution in [1.29, 1.82) is 0 Å². The molecule has 0 atom stereocenters. The minimum atomic E-state index is -1.28. The zero-order valence-electron chi connectivity index (χ0n) is 9.50. The molecule has 0 unspecified atom stereocenters. The van der Waals surface area contributed by atoms with Crippen molar-refractivity contribution < 1.29 is 14.4 Å². The predicted molar refractivity (Wildman–Crippen MR) is 58.5 cm³/mol. The number of amides is 4. The predicted octanol–water partition coefficient (Wildman–Crippen LogP) is 1.11. The molecule has 1 saturated heterocycles. The Morgan fingerprint density at radius 2 is 1.75 bits per heavy atom. The van der Waals surface area contributed by atoms with Gasteiger partial charge in [0, 0.05) is 0 Å². The Bertz CT molecular complexity index is 327. The van der Waals surface area contributed by atoms with Gasteiger partial charge < -0.3 is 0 Å². The van der Waals surface area contributed by atoms with Crippen LogP contribution in [0.15, 0.2) is 12.2 Å². The number of nitrogens with one attached hydrogen (secondary N) is 2. The minimum absolute atomic E-state index is 0.575. The van der Waals surface area contributed by atoms with E-state index in [-0.39, 0.29) is 0 Å². The van der Waals surface area contributed by atoms with Crippen LogP contribution in [-0.2, 0) is 9.59 Å². The maximum atomic E-state index is 11.6. The van der Waals surface area contributed by atoms with Crippen molar-refractivity contribution in [3.05, 3.63) is 12.2 Å². The first-order valence-corrected chi connectivity index (χ1v) is 5.35. The third-order valence-electron chi connectivity index (χ3n) is 2.57. The number of barbiturate groups is 1. The summed E-state index contributed by atoms with van der Waals surface area (Å²) < 4.78 is 0. The van der Waals surface area contributed by atoms with Crippen LogP contribution in [0.3, 0.4) is 0 Å². The fourth-order valence-corrected chi connectivity index (χ4v) is 1.39. The number of imide groups is 2. The SMILES string of the molecule is CCCCC=CC1(C)C(=O)NC(=O)NC1=O. The van der Waals surface area contributed by atoms with E-state index < -0.39 is 23.3 Å². The first-order valence-electron chi connectivity index (χ1n) is 5.35. The van der Waals surface area contributed by atoms with Gasteiger partial charge in [0.1, 0.15) is 5.41 Å². The molecule has 0 radical (unpaired) electrons. The van der Waals surface area contributed by atoms with Crippen LogP contribution in [0, 0.1) is 5.41 Å². The standard InChI is InChI=1S/C11H16N2O3/c1-3-4-5-6-7-11(2)8(14)12-10(16)13-9(11)15/h6-7H,3-5H2,1-2H3,(H2,12,13,14,15,16). The van der Waals surface area contributed by atoms with Crippen molar-refractivity contribution in [3.8, 4) is 0 Å². The van der Waals surface area contributed by atoms with Gasteiger partial charge in [-0.3, -0.25) is 20.2 Å². The van der Waals surface area contributed by atoms with Crippen LogP contribution in [0.4, 0.5) is 4.79 Å². The molecule has 1 aliphatic heterocycles. The first-order chi connectivity index (χ1) is 7.50. The molecule has 4 amide bonds. The Hall–Kier alpha value is -1.65. The van der Waals surface area contributed by atoms with E-state index in [2.05, 4.69) is 17.6 Å². The molecule has 1 aliphatic rings. The fourth-order valence-electron chi connectivity index (χ4n) is 1.39. The lowest BCUT2D eigenvalue weighted by atomic mass is 9.86.